The number of benzene rings is 3. The van der Waals surface area contributed by atoms with E-state index in [4.69, 9.17) is 9.47 Å². The number of ether oxygens (including phenoxy) is 2. The van der Waals surface area contributed by atoms with Gasteiger partial charge in [0.05, 0.1) is 6.21 Å². The fraction of sp³-hybridized carbons (Fsp3) is 0.160. The minimum Gasteiger partial charge on any atom is -0.484 e. The first kappa shape index (κ1) is 22.6. The molecule has 32 heavy (non-hydrogen) atoms. The lowest BCUT2D eigenvalue weighted by Gasteiger charge is -2.08. The molecule has 3 aromatic rings. The second kappa shape index (κ2) is 12.5. The van der Waals surface area contributed by atoms with Crippen molar-refractivity contribution in [3.05, 3.63) is 96.1 Å². The summed E-state index contributed by atoms with van der Waals surface area (Å²) in [7, 11) is 0. The SMILES string of the molecule is O=C(COc1ccc(/C=N/NC(=O)COc2ccccc2)cc1)NCCc1ccccc1. The minimum absolute atomic E-state index is 0.0559. The average molecular weight is 431 g/mol. The molecule has 0 spiro atoms. The van der Waals surface area contributed by atoms with Gasteiger partial charge in [0.15, 0.2) is 13.2 Å². The van der Waals surface area contributed by atoms with Crippen molar-refractivity contribution in [3.8, 4) is 11.5 Å². The van der Waals surface area contributed by atoms with E-state index >= 15 is 0 Å². The molecule has 0 aromatic heterocycles. The first-order valence-electron chi connectivity index (χ1n) is 10.2. The normalized spacial score (nSPS) is 10.5. The zero-order chi connectivity index (χ0) is 22.4. The zero-order valence-corrected chi connectivity index (χ0v) is 17.6. The van der Waals surface area contributed by atoms with E-state index in [9.17, 15) is 9.59 Å². The number of nitrogens with zero attached hydrogens (tertiary/aromatic N) is 1. The number of hydrogen-bond donors (Lipinski definition) is 2. The molecule has 2 N–H and O–H groups in total. The van der Waals surface area contributed by atoms with Gasteiger partial charge < -0.3 is 14.8 Å². The lowest BCUT2D eigenvalue weighted by Crippen LogP contribution is -2.30. The van der Waals surface area contributed by atoms with Gasteiger partial charge in [0.25, 0.3) is 11.8 Å². The molecule has 3 rings (SSSR count). The Morgan fingerprint density at radius 1 is 0.750 bits per heavy atom. The van der Waals surface area contributed by atoms with Crippen LogP contribution in [0.15, 0.2) is 90.0 Å². The summed E-state index contributed by atoms with van der Waals surface area (Å²) in [5.74, 6) is 0.656. The molecule has 2 amide bonds. The van der Waals surface area contributed by atoms with Crippen molar-refractivity contribution >= 4 is 18.0 Å². The molecule has 7 heteroatoms. The number of amides is 2. The number of para-hydroxylation sites is 1. The van der Waals surface area contributed by atoms with Crippen LogP contribution in [0.5, 0.6) is 11.5 Å². The molecule has 0 saturated carbocycles. The van der Waals surface area contributed by atoms with E-state index in [1.165, 1.54) is 11.8 Å². The van der Waals surface area contributed by atoms with Gasteiger partial charge in [-0.1, -0.05) is 48.5 Å². The summed E-state index contributed by atoms with van der Waals surface area (Å²) >= 11 is 0. The van der Waals surface area contributed by atoms with Gasteiger partial charge in [-0.2, -0.15) is 5.10 Å². The maximum atomic E-state index is 11.9. The molecule has 0 aliphatic carbocycles. The third-order valence-electron chi connectivity index (χ3n) is 4.34. The quantitative estimate of drug-likeness (QED) is 0.361. The molecule has 0 aliphatic heterocycles. The van der Waals surface area contributed by atoms with Crippen LogP contribution < -0.4 is 20.2 Å². The molecular formula is C25H25N3O4. The van der Waals surface area contributed by atoms with E-state index in [0.717, 1.165) is 12.0 Å². The van der Waals surface area contributed by atoms with E-state index in [1.807, 2.05) is 48.5 Å². The molecule has 0 unspecified atom stereocenters. The van der Waals surface area contributed by atoms with Crippen molar-refractivity contribution in [1.29, 1.82) is 0 Å². The highest BCUT2D eigenvalue weighted by Gasteiger charge is 2.03. The first-order chi connectivity index (χ1) is 15.7. The number of hydrogen-bond acceptors (Lipinski definition) is 5. The lowest BCUT2D eigenvalue weighted by atomic mass is 10.1. The Bertz CT molecular complexity index is 1010. The molecule has 7 nitrogen and oxygen atoms in total. The van der Waals surface area contributed by atoms with E-state index in [0.29, 0.717) is 18.0 Å². The molecule has 3 aromatic carbocycles. The Morgan fingerprint density at radius 2 is 1.34 bits per heavy atom. The van der Waals surface area contributed by atoms with Gasteiger partial charge in [0.2, 0.25) is 0 Å². The Balaban J connectivity index is 1.32. The topological polar surface area (TPSA) is 89.0 Å². The van der Waals surface area contributed by atoms with Crippen LogP contribution in [0.2, 0.25) is 0 Å². The van der Waals surface area contributed by atoms with Gasteiger partial charge in [0, 0.05) is 6.54 Å². The van der Waals surface area contributed by atoms with Gasteiger partial charge in [-0.05, 0) is 53.9 Å². The Labute approximate surface area is 187 Å². The largest absolute Gasteiger partial charge is 0.484 e. The number of carbonyl (C=O) groups is 2. The van der Waals surface area contributed by atoms with Gasteiger partial charge >= 0.3 is 0 Å². The van der Waals surface area contributed by atoms with Crippen LogP contribution in [0.25, 0.3) is 0 Å². The predicted molar refractivity (Wildman–Crippen MR) is 123 cm³/mol. The van der Waals surface area contributed by atoms with Crippen LogP contribution >= 0.6 is 0 Å². The van der Waals surface area contributed by atoms with Crippen LogP contribution in [0.1, 0.15) is 11.1 Å². The first-order valence-corrected chi connectivity index (χ1v) is 10.2. The molecule has 0 radical (unpaired) electrons. The molecule has 0 bridgehead atoms. The summed E-state index contributed by atoms with van der Waals surface area (Å²) < 4.78 is 10.8. The highest BCUT2D eigenvalue weighted by Crippen LogP contribution is 2.11. The molecule has 164 valence electrons. The summed E-state index contributed by atoms with van der Waals surface area (Å²) in [5.41, 5.74) is 4.35. The van der Waals surface area contributed by atoms with E-state index in [2.05, 4.69) is 15.8 Å². The predicted octanol–water partition coefficient (Wildman–Crippen LogP) is 2.95. The third kappa shape index (κ3) is 8.31. The monoisotopic (exact) mass is 431 g/mol. The van der Waals surface area contributed by atoms with Crippen LogP contribution in [-0.2, 0) is 16.0 Å². The van der Waals surface area contributed by atoms with Crippen molar-refractivity contribution in [2.45, 2.75) is 6.42 Å². The van der Waals surface area contributed by atoms with Crippen LogP contribution in [0.4, 0.5) is 0 Å². The van der Waals surface area contributed by atoms with Crippen LogP contribution in [0.3, 0.4) is 0 Å². The standard InChI is InChI=1S/C25H25N3O4/c29-24(26-16-15-20-7-3-1-4-8-20)18-31-23-13-11-21(12-14-23)17-27-28-25(30)19-32-22-9-5-2-6-10-22/h1-14,17H,15-16,18-19H2,(H,26,29)(H,28,30)/b27-17+. The van der Waals surface area contributed by atoms with Crippen LogP contribution in [0, 0.1) is 0 Å². The Kier molecular flexibility index (Phi) is 8.84. The Hall–Kier alpha value is -4.13. The maximum Gasteiger partial charge on any atom is 0.277 e. The minimum atomic E-state index is -0.358. The average Bonchev–Trinajstić information content (AvgIpc) is 2.83. The highest BCUT2D eigenvalue weighted by atomic mass is 16.5. The Morgan fingerprint density at radius 3 is 2.03 bits per heavy atom. The number of hydrazone groups is 1. The number of nitrogens with one attached hydrogen (secondary N) is 2. The van der Waals surface area contributed by atoms with Gasteiger partial charge in [0.1, 0.15) is 11.5 Å². The highest BCUT2D eigenvalue weighted by molar-refractivity contribution is 5.83. The second-order valence-corrected chi connectivity index (χ2v) is 6.84. The van der Waals surface area contributed by atoms with E-state index < -0.39 is 0 Å². The fourth-order valence-corrected chi connectivity index (χ4v) is 2.72. The van der Waals surface area contributed by atoms with E-state index in [-0.39, 0.29) is 25.0 Å². The fourth-order valence-electron chi connectivity index (χ4n) is 2.72. The van der Waals surface area contributed by atoms with Crippen molar-refractivity contribution in [2.75, 3.05) is 19.8 Å². The molecule has 0 aliphatic rings. The summed E-state index contributed by atoms with van der Waals surface area (Å²) in [6.45, 7) is 0.380. The van der Waals surface area contributed by atoms with Gasteiger partial charge in [-0.15, -0.1) is 0 Å². The van der Waals surface area contributed by atoms with Crippen molar-refractivity contribution in [2.24, 2.45) is 5.10 Å². The molecule has 0 heterocycles. The number of carbonyl (C=O) groups excluding carboxylic acids is 2. The lowest BCUT2D eigenvalue weighted by molar-refractivity contribution is -0.123. The summed E-state index contributed by atoms with van der Waals surface area (Å²) in [5, 5.41) is 6.74. The second-order valence-electron chi connectivity index (χ2n) is 6.84. The van der Waals surface area contributed by atoms with Gasteiger partial charge in [-0.25, -0.2) is 5.43 Å². The molecule has 0 fully saturated rings. The van der Waals surface area contributed by atoms with Crippen molar-refractivity contribution < 1.29 is 19.1 Å². The third-order valence-corrected chi connectivity index (χ3v) is 4.34. The summed E-state index contributed by atoms with van der Waals surface area (Å²) in [4.78, 5) is 23.7. The molecular weight excluding hydrogens is 406 g/mol. The smallest absolute Gasteiger partial charge is 0.277 e. The van der Waals surface area contributed by atoms with E-state index in [1.54, 1.807) is 36.4 Å². The van der Waals surface area contributed by atoms with Crippen LogP contribution in [-0.4, -0.2) is 37.8 Å². The van der Waals surface area contributed by atoms with Gasteiger partial charge in [-0.3, -0.25) is 9.59 Å². The van der Waals surface area contributed by atoms with Crippen molar-refractivity contribution in [3.63, 3.8) is 0 Å². The molecule has 0 saturated heterocycles. The number of rotatable bonds is 11. The van der Waals surface area contributed by atoms with Crippen molar-refractivity contribution in [1.82, 2.24) is 10.7 Å². The molecule has 0 atom stereocenters. The summed E-state index contributed by atoms with van der Waals surface area (Å²) in [6, 6.07) is 26.1. The zero-order valence-electron chi connectivity index (χ0n) is 17.6. The maximum absolute atomic E-state index is 11.9. The summed E-state index contributed by atoms with van der Waals surface area (Å²) in [6.07, 6.45) is 2.29.